The third kappa shape index (κ3) is 2.99. The molecular weight excluding hydrogens is 336 g/mol. The first kappa shape index (κ1) is 17.5. The summed E-state index contributed by atoms with van der Waals surface area (Å²) in [5.41, 5.74) is 1.03. The maximum absolute atomic E-state index is 12.5. The van der Waals surface area contributed by atoms with Crippen LogP contribution in [-0.2, 0) is 0 Å². The fraction of sp³-hybridized carbons (Fsp3) is 0.211. The number of hydrogen-bond acceptors (Lipinski definition) is 5. The van der Waals surface area contributed by atoms with Crippen molar-refractivity contribution in [2.45, 2.75) is 0 Å². The number of methoxy groups -OCH3 is 2. The van der Waals surface area contributed by atoms with Crippen molar-refractivity contribution in [3.63, 3.8) is 0 Å². The molecule has 3 rings (SSSR count). The van der Waals surface area contributed by atoms with Gasteiger partial charge >= 0.3 is 0 Å². The Bertz CT molecular complexity index is 821. The van der Waals surface area contributed by atoms with Crippen molar-refractivity contribution in [3.8, 4) is 11.5 Å². The fourth-order valence-corrected chi connectivity index (χ4v) is 2.89. The quantitative estimate of drug-likeness (QED) is 0.799. The van der Waals surface area contributed by atoms with Crippen molar-refractivity contribution in [2.24, 2.45) is 0 Å². The predicted octanol–water partition coefficient (Wildman–Crippen LogP) is 1.73. The molecule has 0 saturated carbocycles. The molecule has 3 amide bonds. The Morgan fingerprint density at radius 2 is 1.46 bits per heavy atom. The molecule has 1 N–H and O–H groups in total. The summed E-state index contributed by atoms with van der Waals surface area (Å²) in [4.78, 5) is 38.2. The molecule has 0 radical (unpaired) electrons. The minimum atomic E-state index is -0.407. The summed E-state index contributed by atoms with van der Waals surface area (Å²) in [6.07, 6.45) is 0. The molecule has 0 bridgehead atoms. The van der Waals surface area contributed by atoms with Crippen LogP contribution in [-0.4, -0.2) is 49.9 Å². The van der Waals surface area contributed by atoms with Crippen molar-refractivity contribution in [3.05, 3.63) is 59.2 Å². The number of carbonyl (C=O) groups excluding carboxylic acids is 3. The van der Waals surface area contributed by atoms with E-state index in [-0.39, 0.29) is 30.5 Å². The zero-order valence-corrected chi connectivity index (χ0v) is 14.4. The van der Waals surface area contributed by atoms with Crippen molar-refractivity contribution in [1.82, 2.24) is 10.2 Å². The van der Waals surface area contributed by atoms with E-state index in [0.29, 0.717) is 22.6 Å². The van der Waals surface area contributed by atoms with E-state index in [2.05, 4.69) is 5.32 Å². The lowest BCUT2D eigenvalue weighted by Gasteiger charge is -2.16. The largest absolute Gasteiger partial charge is 0.496 e. The first-order chi connectivity index (χ1) is 12.6. The monoisotopic (exact) mass is 354 g/mol. The standard InChI is InChI=1S/C19H18N2O5/c1-25-14-8-5-9-15(26-2)16(14)17(22)20-10-11-21-18(23)12-6-3-4-7-13(12)19(21)24/h3-9H,10-11H2,1-2H3,(H,20,22). The molecule has 0 atom stereocenters. The van der Waals surface area contributed by atoms with E-state index in [0.717, 1.165) is 4.90 Å². The molecule has 0 unspecified atom stereocenters. The molecule has 26 heavy (non-hydrogen) atoms. The zero-order valence-electron chi connectivity index (χ0n) is 14.4. The Morgan fingerprint density at radius 3 is 1.96 bits per heavy atom. The third-order valence-electron chi connectivity index (χ3n) is 4.15. The molecule has 0 fully saturated rings. The summed E-state index contributed by atoms with van der Waals surface area (Å²) in [6.45, 7) is 0.195. The minimum absolute atomic E-state index is 0.0789. The van der Waals surface area contributed by atoms with Gasteiger partial charge in [0.05, 0.1) is 25.3 Å². The van der Waals surface area contributed by atoms with Crippen LogP contribution in [0.25, 0.3) is 0 Å². The molecule has 134 valence electrons. The smallest absolute Gasteiger partial charge is 0.261 e. The summed E-state index contributed by atoms with van der Waals surface area (Å²) in [7, 11) is 2.93. The molecule has 1 aliphatic rings. The fourth-order valence-electron chi connectivity index (χ4n) is 2.89. The van der Waals surface area contributed by atoms with Gasteiger partial charge in [-0.3, -0.25) is 19.3 Å². The maximum Gasteiger partial charge on any atom is 0.261 e. The number of hydrogen-bond donors (Lipinski definition) is 1. The second kappa shape index (κ2) is 7.26. The average Bonchev–Trinajstić information content (AvgIpc) is 2.92. The summed E-state index contributed by atoms with van der Waals surface area (Å²) >= 11 is 0. The van der Waals surface area contributed by atoms with Crippen LogP contribution in [0.4, 0.5) is 0 Å². The molecule has 0 spiro atoms. The van der Waals surface area contributed by atoms with Gasteiger partial charge in [-0.1, -0.05) is 18.2 Å². The Morgan fingerprint density at radius 1 is 0.923 bits per heavy atom. The highest BCUT2D eigenvalue weighted by Crippen LogP contribution is 2.28. The van der Waals surface area contributed by atoms with E-state index >= 15 is 0 Å². The lowest BCUT2D eigenvalue weighted by atomic mass is 10.1. The first-order valence-corrected chi connectivity index (χ1v) is 8.03. The molecule has 0 aromatic heterocycles. The third-order valence-corrected chi connectivity index (χ3v) is 4.15. The van der Waals surface area contributed by atoms with Gasteiger partial charge in [-0.25, -0.2) is 0 Å². The Kier molecular flexibility index (Phi) is 4.88. The minimum Gasteiger partial charge on any atom is -0.496 e. The average molecular weight is 354 g/mol. The molecule has 2 aromatic rings. The van der Waals surface area contributed by atoms with Crippen LogP contribution >= 0.6 is 0 Å². The van der Waals surface area contributed by atoms with Crippen LogP contribution in [0.3, 0.4) is 0 Å². The Labute approximate surface area is 150 Å². The highest BCUT2D eigenvalue weighted by molar-refractivity contribution is 6.21. The van der Waals surface area contributed by atoms with E-state index in [1.54, 1.807) is 42.5 Å². The SMILES string of the molecule is COc1cccc(OC)c1C(=O)NCCN1C(=O)c2ccccc2C1=O. The molecular formula is C19H18N2O5. The van der Waals surface area contributed by atoms with E-state index < -0.39 is 5.91 Å². The maximum atomic E-state index is 12.5. The molecule has 1 aliphatic heterocycles. The van der Waals surface area contributed by atoms with Crippen LogP contribution in [0.15, 0.2) is 42.5 Å². The molecule has 7 nitrogen and oxygen atoms in total. The molecule has 0 saturated heterocycles. The van der Waals surface area contributed by atoms with E-state index in [1.807, 2.05) is 0 Å². The van der Waals surface area contributed by atoms with Crippen LogP contribution in [0.2, 0.25) is 0 Å². The summed E-state index contributed by atoms with van der Waals surface area (Å²) in [6, 6.07) is 11.7. The number of amides is 3. The molecule has 2 aromatic carbocycles. The zero-order chi connectivity index (χ0) is 18.7. The molecule has 7 heteroatoms. The number of benzene rings is 2. The summed E-state index contributed by atoms with van der Waals surface area (Å²) in [5.74, 6) is -0.356. The number of imide groups is 1. The van der Waals surface area contributed by atoms with Gasteiger partial charge in [0, 0.05) is 13.1 Å². The van der Waals surface area contributed by atoms with Crippen LogP contribution in [0, 0.1) is 0 Å². The number of rotatable bonds is 6. The highest BCUT2D eigenvalue weighted by Gasteiger charge is 2.34. The predicted molar refractivity (Wildman–Crippen MR) is 93.7 cm³/mol. The number of nitrogens with zero attached hydrogens (tertiary/aromatic N) is 1. The molecule has 1 heterocycles. The van der Waals surface area contributed by atoms with Gasteiger partial charge in [-0.15, -0.1) is 0 Å². The van der Waals surface area contributed by atoms with Crippen molar-refractivity contribution in [2.75, 3.05) is 27.3 Å². The highest BCUT2D eigenvalue weighted by atomic mass is 16.5. The van der Waals surface area contributed by atoms with Crippen LogP contribution in [0.1, 0.15) is 31.1 Å². The van der Waals surface area contributed by atoms with Crippen LogP contribution < -0.4 is 14.8 Å². The first-order valence-electron chi connectivity index (χ1n) is 8.03. The van der Waals surface area contributed by atoms with Crippen molar-refractivity contribution < 1.29 is 23.9 Å². The molecule has 0 aliphatic carbocycles. The van der Waals surface area contributed by atoms with Crippen molar-refractivity contribution >= 4 is 17.7 Å². The van der Waals surface area contributed by atoms with Gasteiger partial charge in [-0.05, 0) is 24.3 Å². The normalized spacial score (nSPS) is 12.8. The van der Waals surface area contributed by atoms with E-state index in [9.17, 15) is 14.4 Å². The lowest BCUT2D eigenvalue weighted by Crippen LogP contribution is -2.38. The second-order valence-electron chi connectivity index (χ2n) is 5.60. The Balaban J connectivity index is 1.67. The van der Waals surface area contributed by atoms with Gasteiger partial charge in [0.1, 0.15) is 17.1 Å². The van der Waals surface area contributed by atoms with Gasteiger partial charge in [0.2, 0.25) is 0 Å². The topological polar surface area (TPSA) is 84.9 Å². The van der Waals surface area contributed by atoms with Crippen molar-refractivity contribution in [1.29, 1.82) is 0 Å². The lowest BCUT2D eigenvalue weighted by molar-refractivity contribution is 0.0649. The van der Waals surface area contributed by atoms with Gasteiger partial charge in [0.25, 0.3) is 17.7 Å². The van der Waals surface area contributed by atoms with Crippen LogP contribution in [0.5, 0.6) is 11.5 Å². The number of ether oxygens (including phenoxy) is 2. The van der Waals surface area contributed by atoms with Gasteiger partial charge in [-0.2, -0.15) is 0 Å². The summed E-state index contributed by atoms with van der Waals surface area (Å²) < 4.78 is 10.4. The van der Waals surface area contributed by atoms with E-state index in [1.165, 1.54) is 14.2 Å². The van der Waals surface area contributed by atoms with E-state index in [4.69, 9.17) is 9.47 Å². The number of fused-ring (bicyclic) bond motifs is 1. The second-order valence-corrected chi connectivity index (χ2v) is 5.60. The Hall–Kier alpha value is -3.35. The van der Waals surface area contributed by atoms with Gasteiger partial charge < -0.3 is 14.8 Å². The van der Waals surface area contributed by atoms with Gasteiger partial charge in [0.15, 0.2) is 0 Å². The summed E-state index contributed by atoms with van der Waals surface area (Å²) in [5, 5.41) is 2.70. The number of nitrogens with one attached hydrogen (secondary N) is 1. The number of carbonyl (C=O) groups is 3.